The third kappa shape index (κ3) is 8.07. The second-order valence-corrected chi connectivity index (χ2v) is 15.9. The molecule has 0 atom stereocenters. The van der Waals surface area contributed by atoms with Crippen LogP contribution in [0.15, 0.2) is 31.3 Å². The minimum Gasteiger partial charge on any atom is -0.269 e. The highest BCUT2D eigenvalue weighted by Crippen LogP contribution is 2.69. The van der Waals surface area contributed by atoms with Gasteiger partial charge in [0.05, 0.1) is 34.6 Å². The van der Waals surface area contributed by atoms with Crippen molar-refractivity contribution in [2.24, 2.45) is 0 Å². The molecule has 0 aliphatic rings. The number of hydrogen-bond donors (Lipinski definition) is 0. The number of nitrogens with zero attached hydrogens (tertiary/aromatic N) is 2. The van der Waals surface area contributed by atoms with Gasteiger partial charge in [-0.25, -0.2) is 0 Å². The molecule has 0 amide bonds. The van der Waals surface area contributed by atoms with Gasteiger partial charge < -0.3 is 0 Å². The van der Waals surface area contributed by atoms with Crippen LogP contribution in [0, 0.1) is 0 Å². The highest BCUT2D eigenvalue weighted by Gasteiger charge is 3.00. The number of rotatable bonds is 20. The van der Waals surface area contributed by atoms with Crippen LogP contribution in [0.2, 0.25) is 0 Å². The molecule has 2 heterocycles. The minimum absolute atomic E-state index is 0.731. The second kappa shape index (κ2) is 17.5. The Balaban J connectivity index is 2.19. The van der Waals surface area contributed by atoms with Gasteiger partial charge in [0.25, 0.3) is 22.2 Å². The SMILES string of the molecule is O=c1c2cc3c(=O)n(CC(F)(F)C(F)(F)C(F)(F)C(F)(F)C(F)(F)C(F)(F)C(F)(F)C(F)(F)C(F)(F)C(F)(F)F)c(=O)c3cc2c(=O)n1CC(F)(F)C(F)(F)C(F)(F)C(F)(F)C(F)(F)C(F)(F)C(F)(F)C(F)(F)C(F)(F)C(F)(F)F. The van der Waals surface area contributed by atoms with E-state index < -0.39 is 197 Å². The van der Waals surface area contributed by atoms with Crippen molar-refractivity contribution in [3.63, 3.8) is 0 Å². The fraction of sp³-hybridized carbons (Fsp3) is 0.688. The largest absolute Gasteiger partial charge is 0.460 e. The van der Waals surface area contributed by atoms with Crippen molar-refractivity contribution in [2.75, 3.05) is 0 Å². The predicted molar refractivity (Wildman–Crippen MR) is 166 cm³/mol. The summed E-state index contributed by atoms with van der Waals surface area (Å²) in [4.78, 5) is 50.8. The fourth-order valence-electron chi connectivity index (χ4n) is 6.14. The normalized spacial score (nSPS) is 16.4. The van der Waals surface area contributed by atoms with Gasteiger partial charge >= 0.3 is 119 Å². The second-order valence-electron chi connectivity index (χ2n) is 15.9. The van der Waals surface area contributed by atoms with E-state index in [9.17, 15) is 204 Å². The van der Waals surface area contributed by atoms with Gasteiger partial charge in [-0.1, -0.05) is 0 Å². The molecule has 80 heavy (non-hydrogen) atoms. The number of benzene rings is 1. The van der Waals surface area contributed by atoms with E-state index >= 15 is 0 Å². The summed E-state index contributed by atoms with van der Waals surface area (Å²) in [5, 5.41) is -8.67. The number of alkyl halides is 42. The average molecular weight is 1280 g/mol. The molecular weight excluding hydrogens is 1270 g/mol. The molecule has 0 unspecified atom stereocenters. The molecule has 0 aliphatic heterocycles. The highest BCUT2D eigenvalue weighted by atomic mass is 19.5. The van der Waals surface area contributed by atoms with Crippen molar-refractivity contribution in [3.05, 3.63) is 53.5 Å². The van der Waals surface area contributed by atoms with Crippen molar-refractivity contribution < 1.29 is 184 Å². The van der Waals surface area contributed by atoms with Crippen molar-refractivity contribution in [2.45, 2.75) is 132 Å². The molecule has 48 heteroatoms. The molecule has 1 aromatic carbocycles. The lowest BCUT2D eigenvalue weighted by molar-refractivity contribution is -0.474. The zero-order chi connectivity index (χ0) is 64.6. The summed E-state index contributed by atoms with van der Waals surface area (Å²) in [6.07, 6.45) is -16.6. The zero-order valence-corrected chi connectivity index (χ0v) is 35.0. The maximum atomic E-state index is 14.8. The summed E-state index contributed by atoms with van der Waals surface area (Å²) in [7, 11) is 0. The molecule has 0 fully saturated rings. The summed E-state index contributed by atoms with van der Waals surface area (Å²) in [5.41, 5.74) is -12.2. The Morgan fingerprint density at radius 2 is 0.338 bits per heavy atom. The first-order chi connectivity index (χ1) is 34.3. The van der Waals surface area contributed by atoms with E-state index in [4.69, 9.17) is 0 Å². The van der Waals surface area contributed by atoms with E-state index in [0.717, 1.165) is 0 Å². The van der Waals surface area contributed by atoms with Crippen molar-refractivity contribution >= 4 is 21.5 Å². The van der Waals surface area contributed by atoms with Crippen molar-refractivity contribution in [1.29, 1.82) is 0 Å². The van der Waals surface area contributed by atoms with Crippen LogP contribution in [0.5, 0.6) is 0 Å². The molecule has 0 N–H and O–H groups in total. The molecule has 6 nitrogen and oxygen atoms in total. The molecule has 0 spiro atoms. The van der Waals surface area contributed by atoms with Crippen LogP contribution in [0.25, 0.3) is 21.5 Å². The van der Waals surface area contributed by atoms with Crippen LogP contribution in [0.1, 0.15) is 0 Å². The van der Waals surface area contributed by atoms with Gasteiger partial charge in [-0.05, 0) is 12.1 Å². The first-order valence-electron chi connectivity index (χ1n) is 18.1. The maximum Gasteiger partial charge on any atom is 0.460 e. The van der Waals surface area contributed by atoms with Gasteiger partial charge in [0.1, 0.15) is 0 Å². The maximum absolute atomic E-state index is 14.8. The molecule has 3 rings (SSSR count). The lowest BCUT2D eigenvalue weighted by Gasteiger charge is -2.44. The molecule has 2 aromatic heterocycles. The zero-order valence-electron chi connectivity index (χ0n) is 35.0. The monoisotopic (exact) mass is 1280 g/mol. The van der Waals surface area contributed by atoms with Crippen LogP contribution >= 0.6 is 0 Å². The molecule has 0 aliphatic carbocycles. The Bertz CT molecular complexity index is 2820. The topological polar surface area (TPSA) is 78.1 Å². The molecule has 3 aromatic rings. The Morgan fingerprint density at radius 3 is 0.475 bits per heavy atom. The lowest BCUT2D eigenvalue weighted by atomic mass is 9.86. The lowest BCUT2D eigenvalue weighted by Crippen LogP contribution is -2.77. The Morgan fingerprint density at radius 1 is 0.212 bits per heavy atom. The van der Waals surface area contributed by atoms with Crippen LogP contribution in [0.3, 0.4) is 0 Å². The standard InChI is InChI=1S/C32H6F42N2O4/c33-13(34,15(37,38)17(41,42)19(45,46)21(49,50)23(53,54)25(57,58)27(61,62)29(65,66)31(69,70)71)3-75-9(77)5-1-6-8(2-7(5)11(75)79)12(80)76(10(6)78)4-14(35,36)16(39,40)18(43,44)20(47,48)22(51,52)24(55,56)26(59,60)28(63,64)30(67,68)32(72,73)74/h1-2H,3-4H2. The fourth-order valence-corrected chi connectivity index (χ4v) is 6.14. The first-order valence-corrected chi connectivity index (χ1v) is 18.1. The van der Waals surface area contributed by atoms with Crippen LogP contribution in [0.4, 0.5) is 184 Å². The summed E-state index contributed by atoms with van der Waals surface area (Å²) < 4.78 is 575. The van der Waals surface area contributed by atoms with Crippen LogP contribution in [-0.2, 0) is 13.1 Å². The van der Waals surface area contributed by atoms with E-state index in [1.54, 1.807) is 0 Å². The van der Waals surface area contributed by atoms with Gasteiger partial charge in [0.15, 0.2) is 0 Å². The predicted octanol–water partition coefficient (Wildman–Crippen LogP) is 12.5. The van der Waals surface area contributed by atoms with Gasteiger partial charge in [0, 0.05) is 0 Å². The Labute approximate surface area is 401 Å². The van der Waals surface area contributed by atoms with Crippen molar-refractivity contribution in [3.8, 4) is 0 Å². The number of halogens is 42. The smallest absolute Gasteiger partial charge is 0.269 e. The third-order valence-electron chi connectivity index (χ3n) is 10.9. The van der Waals surface area contributed by atoms with Gasteiger partial charge in [-0.15, -0.1) is 0 Å². The number of fused-ring (bicyclic) bond motifs is 2. The first kappa shape index (κ1) is 68.8. The van der Waals surface area contributed by atoms with Gasteiger partial charge in [0.2, 0.25) is 0 Å². The number of hydrogen-bond acceptors (Lipinski definition) is 4. The average Bonchev–Trinajstić information content (AvgIpc) is 3.62. The van der Waals surface area contributed by atoms with Crippen LogP contribution in [-0.4, -0.2) is 128 Å². The third-order valence-corrected chi connectivity index (χ3v) is 10.9. The van der Waals surface area contributed by atoms with E-state index in [0.29, 0.717) is 0 Å². The molecular formula is C32H6F42N2O4. The van der Waals surface area contributed by atoms with E-state index in [-0.39, 0.29) is 0 Å². The van der Waals surface area contributed by atoms with Gasteiger partial charge in [-0.3, -0.25) is 28.3 Å². The Kier molecular flexibility index (Phi) is 15.1. The molecule has 0 bridgehead atoms. The van der Waals surface area contributed by atoms with E-state index in [1.165, 1.54) is 0 Å². The molecule has 462 valence electrons. The Hall–Kier alpha value is -5.44. The van der Waals surface area contributed by atoms with E-state index in [2.05, 4.69) is 0 Å². The van der Waals surface area contributed by atoms with Crippen LogP contribution < -0.4 is 22.2 Å². The highest BCUT2D eigenvalue weighted by molar-refractivity contribution is 5.97. The van der Waals surface area contributed by atoms with Gasteiger partial charge in [-0.2, -0.15) is 184 Å². The van der Waals surface area contributed by atoms with Crippen molar-refractivity contribution in [1.82, 2.24) is 9.13 Å². The molecule has 0 saturated carbocycles. The number of aromatic nitrogens is 2. The summed E-state index contributed by atoms with van der Waals surface area (Å²) in [6.45, 7) is -8.42. The van der Waals surface area contributed by atoms with E-state index in [1.807, 2.05) is 0 Å². The quantitative estimate of drug-likeness (QED) is 0.106. The minimum atomic E-state index is -9.70. The molecule has 0 saturated heterocycles. The summed E-state index contributed by atoms with van der Waals surface area (Å²) >= 11 is 0. The molecule has 0 radical (unpaired) electrons. The summed E-state index contributed by atoms with van der Waals surface area (Å²) in [6, 6.07) is -1.46. The summed E-state index contributed by atoms with van der Waals surface area (Å²) in [5.74, 6) is -165.